The lowest BCUT2D eigenvalue weighted by Gasteiger charge is -2.14. The van der Waals surface area contributed by atoms with Crippen molar-refractivity contribution in [3.05, 3.63) is 34.9 Å². The summed E-state index contributed by atoms with van der Waals surface area (Å²) >= 11 is 12.2. The number of halogens is 2. The molecule has 0 radical (unpaired) electrons. The first-order valence-corrected chi connectivity index (χ1v) is 7.48. The molecular formula is C15H22Cl2. The fourth-order valence-electron chi connectivity index (χ4n) is 2.07. The van der Waals surface area contributed by atoms with Gasteiger partial charge in [0.1, 0.15) is 0 Å². The summed E-state index contributed by atoms with van der Waals surface area (Å²) in [5.74, 6) is 1.30. The largest absolute Gasteiger partial charge is 0.126 e. The minimum atomic E-state index is 0.563. The quantitative estimate of drug-likeness (QED) is 0.420. The maximum absolute atomic E-state index is 6.17. The van der Waals surface area contributed by atoms with Crippen LogP contribution in [-0.2, 0) is 6.42 Å². The zero-order chi connectivity index (χ0) is 12.5. The van der Waals surface area contributed by atoms with Crippen molar-refractivity contribution in [1.82, 2.24) is 0 Å². The van der Waals surface area contributed by atoms with Crippen LogP contribution in [0.5, 0.6) is 0 Å². The summed E-state index contributed by atoms with van der Waals surface area (Å²) in [6.07, 6.45) is 7.46. The van der Waals surface area contributed by atoms with Gasteiger partial charge < -0.3 is 0 Å². The highest BCUT2D eigenvalue weighted by Crippen LogP contribution is 2.22. The molecular weight excluding hydrogens is 251 g/mol. The Morgan fingerprint density at radius 3 is 2.53 bits per heavy atom. The predicted molar refractivity (Wildman–Crippen MR) is 78.1 cm³/mol. The fraction of sp³-hybridized carbons (Fsp3) is 0.600. The van der Waals surface area contributed by atoms with Gasteiger partial charge in [0, 0.05) is 10.9 Å². The summed E-state index contributed by atoms with van der Waals surface area (Å²) in [7, 11) is 0. The number of hydrogen-bond donors (Lipinski definition) is 0. The number of benzene rings is 1. The van der Waals surface area contributed by atoms with Crippen LogP contribution in [0.4, 0.5) is 0 Å². The van der Waals surface area contributed by atoms with Crippen LogP contribution in [0.15, 0.2) is 24.3 Å². The van der Waals surface area contributed by atoms with Crippen molar-refractivity contribution in [3.63, 3.8) is 0 Å². The van der Waals surface area contributed by atoms with E-state index in [0.717, 1.165) is 17.3 Å². The van der Waals surface area contributed by atoms with E-state index in [-0.39, 0.29) is 0 Å². The van der Waals surface area contributed by atoms with Crippen LogP contribution in [0, 0.1) is 5.92 Å². The van der Waals surface area contributed by atoms with Gasteiger partial charge >= 0.3 is 0 Å². The third-order valence-electron chi connectivity index (χ3n) is 3.15. The van der Waals surface area contributed by atoms with Gasteiger partial charge in [0.25, 0.3) is 0 Å². The molecule has 0 amide bonds. The van der Waals surface area contributed by atoms with Crippen molar-refractivity contribution in [2.24, 2.45) is 5.92 Å². The minimum absolute atomic E-state index is 0.563. The lowest BCUT2D eigenvalue weighted by Crippen LogP contribution is -2.07. The second-order valence-electron chi connectivity index (χ2n) is 4.67. The summed E-state index contributed by atoms with van der Waals surface area (Å²) in [5, 5.41) is 0.871. The molecule has 1 aromatic carbocycles. The maximum Gasteiger partial charge on any atom is 0.0438 e. The molecule has 0 aliphatic carbocycles. The van der Waals surface area contributed by atoms with E-state index in [1.807, 2.05) is 18.2 Å². The molecule has 0 spiro atoms. The zero-order valence-electron chi connectivity index (χ0n) is 10.6. The van der Waals surface area contributed by atoms with Crippen LogP contribution < -0.4 is 0 Å². The molecule has 0 saturated carbocycles. The predicted octanol–water partition coefficient (Wildman–Crippen LogP) is 5.71. The molecule has 0 nitrogen and oxygen atoms in total. The monoisotopic (exact) mass is 272 g/mol. The highest BCUT2D eigenvalue weighted by molar-refractivity contribution is 6.31. The normalized spacial score (nSPS) is 12.6. The van der Waals surface area contributed by atoms with Gasteiger partial charge in [-0.2, -0.15) is 0 Å². The van der Waals surface area contributed by atoms with E-state index in [9.17, 15) is 0 Å². The van der Waals surface area contributed by atoms with Gasteiger partial charge in [-0.25, -0.2) is 0 Å². The van der Waals surface area contributed by atoms with E-state index in [1.165, 1.54) is 37.7 Å². The van der Waals surface area contributed by atoms with Crippen LogP contribution in [0.3, 0.4) is 0 Å². The van der Waals surface area contributed by atoms with Gasteiger partial charge in [-0.15, -0.1) is 11.6 Å². The standard InChI is InChI=1S/C15H22Cl2/c1-2-3-4-5-8-13(12-16)11-14-9-6-7-10-15(14)17/h6-7,9-10,13H,2-5,8,11-12H2,1H3. The molecule has 0 heterocycles. The van der Waals surface area contributed by atoms with Gasteiger partial charge in [0.2, 0.25) is 0 Å². The molecule has 0 N–H and O–H groups in total. The third-order valence-corrected chi connectivity index (χ3v) is 3.96. The Hall–Kier alpha value is -0.200. The Morgan fingerprint density at radius 1 is 1.12 bits per heavy atom. The molecule has 17 heavy (non-hydrogen) atoms. The van der Waals surface area contributed by atoms with Crippen LogP contribution in [0.1, 0.15) is 44.6 Å². The molecule has 96 valence electrons. The Kier molecular flexibility index (Phi) is 7.72. The van der Waals surface area contributed by atoms with E-state index >= 15 is 0 Å². The first kappa shape index (κ1) is 14.9. The highest BCUT2D eigenvalue weighted by Gasteiger charge is 2.10. The second kappa shape index (κ2) is 8.83. The Bertz CT molecular complexity index is 310. The Morgan fingerprint density at radius 2 is 1.88 bits per heavy atom. The lowest BCUT2D eigenvalue weighted by molar-refractivity contribution is 0.492. The van der Waals surface area contributed by atoms with E-state index in [1.54, 1.807) is 0 Å². The molecule has 1 unspecified atom stereocenters. The van der Waals surface area contributed by atoms with Crippen molar-refractivity contribution in [3.8, 4) is 0 Å². The van der Waals surface area contributed by atoms with Crippen LogP contribution in [0.2, 0.25) is 5.02 Å². The first-order valence-electron chi connectivity index (χ1n) is 6.57. The number of rotatable bonds is 8. The second-order valence-corrected chi connectivity index (χ2v) is 5.38. The first-order chi connectivity index (χ1) is 8.27. The van der Waals surface area contributed by atoms with Crippen LogP contribution in [0.25, 0.3) is 0 Å². The molecule has 0 aliphatic rings. The van der Waals surface area contributed by atoms with Gasteiger partial charge in [0.05, 0.1) is 0 Å². The molecule has 1 aromatic rings. The highest BCUT2D eigenvalue weighted by atomic mass is 35.5. The van der Waals surface area contributed by atoms with Gasteiger partial charge in [0.15, 0.2) is 0 Å². The van der Waals surface area contributed by atoms with E-state index in [2.05, 4.69) is 13.0 Å². The van der Waals surface area contributed by atoms with E-state index in [4.69, 9.17) is 23.2 Å². The SMILES string of the molecule is CCCCCCC(CCl)Cc1ccccc1Cl. The Labute approximate surface area is 115 Å². The van der Waals surface area contributed by atoms with Gasteiger partial charge in [-0.3, -0.25) is 0 Å². The van der Waals surface area contributed by atoms with Crippen molar-refractivity contribution in [2.75, 3.05) is 5.88 Å². The smallest absolute Gasteiger partial charge is 0.0438 e. The zero-order valence-corrected chi connectivity index (χ0v) is 12.1. The van der Waals surface area contributed by atoms with E-state index < -0.39 is 0 Å². The number of hydrogen-bond acceptors (Lipinski definition) is 0. The molecule has 0 saturated heterocycles. The van der Waals surface area contributed by atoms with Crippen molar-refractivity contribution in [2.45, 2.75) is 45.4 Å². The van der Waals surface area contributed by atoms with Gasteiger partial charge in [-0.1, -0.05) is 62.4 Å². The fourth-order valence-corrected chi connectivity index (χ4v) is 2.54. The van der Waals surface area contributed by atoms with Crippen molar-refractivity contribution >= 4 is 23.2 Å². The summed E-state index contributed by atoms with van der Waals surface area (Å²) in [6.45, 7) is 2.24. The van der Waals surface area contributed by atoms with Gasteiger partial charge in [-0.05, 0) is 30.4 Å². The number of alkyl halides is 1. The average Bonchev–Trinajstić information content (AvgIpc) is 2.35. The van der Waals surface area contributed by atoms with E-state index in [0.29, 0.717) is 5.92 Å². The third kappa shape index (κ3) is 5.79. The summed E-state index contributed by atoms with van der Waals surface area (Å²) < 4.78 is 0. The molecule has 1 rings (SSSR count). The molecule has 0 fully saturated rings. The molecule has 0 aliphatic heterocycles. The van der Waals surface area contributed by atoms with Crippen molar-refractivity contribution in [1.29, 1.82) is 0 Å². The number of unbranched alkanes of at least 4 members (excludes halogenated alkanes) is 3. The van der Waals surface area contributed by atoms with Crippen molar-refractivity contribution < 1.29 is 0 Å². The molecule has 0 bridgehead atoms. The molecule has 0 aromatic heterocycles. The topological polar surface area (TPSA) is 0 Å². The lowest BCUT2D eigenvalue weighted by atomic mass is 9.95. The summed E-state index contributed by atoms with van der Waals surface area (Å²) in [6, 6.07) is 8.08. The van der Waals surface area contributed by atoms with Crippen LogP contribution >= 0.6 is 23.2 Å². The average molecular weight is 273 g/mol. The Balaban J connectivity index is 2.38. The molecule has 2 heteroatoms. The van der Waals surface area contributed by atoms with Crippen LogP contribution in [-0.4, -0.2) is 5.88 Å². The molecule has 1 atom stereocenters. The summed E-state index contributed by atoms with van der Waals surface area (Å²) in [4.78, 5) is 0. The minimum Gasteiger partial charge on any atom is -0.126 e. The maximum atomic E-state index is 6.17. The summed E-state index contributed by atoms with van der Waals surface area (Å²) in [5.41, 5.74) is 1.23.